The van der Waals surface area contributed by atoms with Crippen LogP contribution >= 0.6 is 11.6 Å². The minimum atomic E-state index is -0.0891. The molecule has 1 N–H and O–H groups in total. The first-order valence-electron chi connectivity index (χ1n) is 8.34. The van der Waals surface area contributed by atoms with E-state index in [0.29, 0.717) is 12.1 Å². The minimum Gasteiger partial charge on any atom is -0.350 e. The Labute approximate surface area is 147 Å². The Morgan fingerprint density at radius 1 is 1.29 bits per heavy atom. The van der Waals surface area contributed by atoms with E-state index in [9.17, 15) is 4.79 Å². The number of likely N-dealkylation sites (tertiary alicyclic amines) is 1. The lowest BCUT2D eigenvalue weighted by Crippen LogP contribution is -2.36. The van der Waals surface area contributed by atoms with Crippen molar-refractivity contribution in [2.45, 2.75) is 25.8 Å². The van der Waals surface area contributed by atoms with Crippen molar-refractivity contribution in [3.05, 3.63) is 64.4 Å². The quantitative estimate of drug-likeness (QED) is 0.902. The van der Waals surface area contributed by atoms with Crippen LogP contribution in [-0.4, -0.2) is 35.4 Å². The van der Waals surface area contributed by atoms with Gasteiger partial charge >= 0.3 is 0 Å². The van der Waals surface area contributed by atoms with Crippen molar-refractivity contribution in [2.75, 3.05) is 19.6 Å². The van der Waals surface area contributed by atoms with Crippen LogP contribution in [0.5, 0.6) is 0 Å². The molecule has 0 aliphatic carbocycles. The van der Waals surface area contributed by atoms with E-state index < -0.39 is 0 Å². The highest BCUT2D eigenvalue weighted by Gasteiger charge is 2.24. The average molecular weight is 344 g/mol. The van der Waals surface area contributed by atoms with Crippen LogP contribution in [-0.2, 0) is 0 Å². The lowest BCUT2D eigenvalue weighted by atomic mass is 10.1. The van der Waals surface area contributed by atoms with Gasteiger partial charge in [-0.3, -0.25) is 14.7 Å². The van der Waals surface area contributed by atoms with Gasteiger partial charge in [0.2, 0.25) is 0 Å². The molecule has 0 spiro atoms. The van der Waals surface area contributed by atoms with Crippen LogP contribution in [0.2, 0.25) is 5.02 Å². The summed E-state index contributed by atoms with van der Waals surface area (Å²) >= 11 is 6.15. The second kappa shape index (κ2) is 7.77. The maximum Gasteiger partial charge on any atom is 0.252 e. The molecule has 1 aliphatic rings. The van der Waals surface area contributed by atoms with Gasteiger partial charge in [0.25, 0.3) is 5.91 Å². The zero-order chi connectivity index (χ0) is 16.9. The van der Waals surface area contributed by atoms with Crippen molar-refractivity contribution < 1.29 is 4.79 Å². The first-order chi connectivity index (χ1) is 11.6. The van der Waals surface area contributed by atoms with Crippen LogP contribution in [0.1, 0.15) is 40.5 Å². The topological polar surface area (TPSA) is 45.2 Å². The SMILES string of the molecule is Cc1ccc(C(=O)NCC(c2cccc(Cl)c2)N2CCCC2)cn1. The Kier molecular flexibility index (Phi) is 5.48. The molecule has 2 heterocycles. The number of aromatic nitrogens is 1. The maximum atomic E-state index is 12.4. The second-order valence-corrected chi connectivity index (χ2v) is 6.65. The lowest BCUT2D eigenvalue weighted by molar-refractivity contribution is 0.0937. The number of nitrogens with zero attached hydrogens (tertiary/aromatic N) is 2. The Bertz CT molecular complexity index is 696. The molecule has 1 saturated heterocycles. The number of benzene rings is 1. The van der Waals surface area contributed by atoms with Crippen LogP contribution < -0.4 is 5.32 Å². The number of pyridine rings is 1. The molecule has 0 radical (unpaired) electrons. The number of carbonyl (C=O) groups excluding carboxylic acids is 1. The van der Waals surface area contributed by atoms with Crippen LogP contribution in [0.4, 0.5) is 0 Å². The molecule has 1 aliphatic heterocycles. The Morgan fingerprint density at radius 3 is 2.75 bits per heavy atom. The second-order valence-electron chi connectivity index (χ2n) is 6.21. The van der Waals surface area contributed by atoms with E-state index in [4.69, 9.17) is 11.6 Å². The number of hydrogen-bond acceptors (Lipinski definition) is 3. The summed E-state index contributed by atoms with van der Waals surface area (Å²) in [6.45, 7) is 4.58. The predicted molar refractivity (Wildman–Crippen MR) is 96.3 cm³/mol. The van der Waals surface area contributed by atoms with Crippen molar-refractivity contribution in [3.8, 4) is 0 Å². The number of rotatable bonds is 5. The molecule has 126 valence electrons. The fourth-order valence-electron chi connectivity index (χ4n) is 3.12. The standard InChI is InChI=1S/C19H22ClN3O/c1-14-7-8-16(12-21-14)19(24)22-13-18(23-9-2-3-10-23)15-5-4-6-17(20)11-15/h4-8,11-12,18H,2-3,9-10,13H2,1H3,(H,22,24). The van der Waals surface area contributed by atoms with E-state index in [1.807, 2.05) is 37.3 Å². The van der Waals surface area contributed by atoms with Crippen molar-refractivity contribution >= 4 is 17.5 Å². The molecule has 24 heavy (non-hydrogen) atoms. The third-order valence-electron chi connectivity index (χ3n) is 4.44. The molecule has 1 fully saturated rings. The molecule has 2 aromatic rings. The largest absolute Gasteiger partial charge is 0.350 e. The van der Waals surface area contributed by atoms with Gasteiger partial charge in [-0.05, 0) is 62.7 Å². The minimum absolute atomic E-state index is 0.0891. The molecular weight excluding hydrogens is 322 g/mol. The number of carbonyl (C=O) groups is 1. The van der Waals surface area contributed by atoms with Gasteiger partial charge in [-0.2, -0.15) is 0 Å². The summed E-state index contributed by atoms with van der Waals surface area (Å²) < 4.78 is 0. The molecule has 1 aromatic heterocycles. The zero-order valence-corrected chi connectivity index (χ0v) is 14.6. The highest BCUT2D eigenvalue weighted by atomic mass is 35.5. The lowest BCUT2D eigenvalue weighted by Gasteiger charge is -2.28. The predicted octanol–water partition coefficient (Wildman–Crippen LogP) is 3.61. The highest BCUT2D eigenvalue weighted by molar-refractivity contribution is 6.30. The normalized spacial score (nSPS) is 16.1. The average Bonchev–Trinajstić information content (AvgIpc) is 3.10. The van der Waals surface area contributed by atoms with Gasteiger partial charge in [-0.25, -0.2) is 0 Å². The number of amides is 1. The molecule has 0 saturated carbocycles. The highest BCUT2D eigenvalue weighted by Crippen LogP contribution is 2.26. The van der Waals surface area contributed by atoms with E-state index in [1.165, 1.54) is 12.8 Å². The smallest absolute Gasteiger partial charge is 0.252 e. The Balaban J connectivity index is 1.72. The monoisotopic (exact) mass is 343 g/mol. The summed E-state index contributed by atoms with van der Waals surface area (Å²) in [7, 11) is 0. The van der Waals surface area contributed by atoms with Crippen LogP contribution in [0.15, 0.2) is 42.6 Å². The fraction of sp³-hybridized carbons (Fsp3) is 0.368. The molecule has 4 nitrogen and oxygen atoms in total. The van der Waals surface area contributed by atoms with Crippen molar-refractivity contribution in [1.29, 1.82) is 0 Å². The van der Waals surface area contributed by atoms with Crippen molar-refractivity contribution in [3.63, 3.8) is 0 Å². The van der Waals surface area contributed by atoms with Gasteiger partial charge in [-0.1, -0.05) is 23.7 Å². The molecule has 1 aromatic carbocycles. The first kappa shape index (κ1) is 16.9. The molecular formula is C19H22ClN3O. The maximum absolute atomic E-state index is 12.4. The summed E-state index contributed by atoms with van der Waals surface area (Å²) in [6, 6.07) is 11.7. The Hall–Kier alpha value is -1.91. The van der Waals surface area contributed by atoms with E-state index in [0.717, 1.165) is 29.4 Å². The van der Waals surface area contributed by atoms with Gasteiger partial charge in [0.05, 0.1) is 11.6 Å². The van der Waals surface area contributed by atoms with E-state index in [1.54, 1.807) is 6.20 Å². The van der Waals surface area contributed by atoms with Gasteiger partial charge in [0, 0.05) is 23.5 Å². The van der Waals surface area contributed by atoms with Gasteiger partial charge in [0.1, 0.15) is 0 Å². The van der Waals surface area contributed by atoms with Crippen molar-refractivity contribution in [2.24, 2.45) is 0 Å². The molecule has 5 heteroatoms. The zero-order valence-electron chi connectivity index (χ0n) is 13.8. The van der Waals surface area contributed by atoms with Crippen LogP contribution in [0.25, 0.3) is 0 Å². The first-order valence-corrected chi connectivity index (χ1v) is 8.71. The van der Waals surface area contributed by atoms with Crippen LogP contribution in [0, 0.1) is 6.92 Å². The van der Waals surface area contributed by atoms with Crippen LogP contribution in [0.3, 0.4) is 0 Å². The third kappa shape index (κ3) is 4.13. The van der Waals surface area contributed by atoms with E-state index in [2.05, 4.69) is 21.3 Å². The summed E-state index contributed by atoms with van der Waals surface area (Å²) in [4.78, 5) is 19.0. The van der Waals surface area contributed by atoms with Gasteiger partial charge in [-0.15, -0.1) is 0 Å². The molecule has 0 bridgehead atoms. The van der Waals surface area contributed by atoms with Gasteiger partial charge < -0.3 is 5.32 Å². The molecule has 1 amide bonds. The number of nitrogens with one attached hydrogen (secondary N) is 1. The number of hydrogen-bond donors (Lipinski definition) is 1. The van der Waals surface area contributed by atoms with E-state index >= 15 is 0 Å². The summed E-state index contributed by atoms with van der Waals surface area (Å²) in [5, 5.41) is 3.78. The van der Waals surface area contributed by atoms with Gasteiger partial charge in [0.15, 0.2) is 0 Å². The molecule has 1 unspecified atom stereocenters. The molecule has 1 atom stereocenters. The Morgan fingerprint density at radius 2 is 2.08 bits per heavy atom. The van der Waals surface area contributed by atoms with Crippen molar-refractivity contribution in [1.82, 2.24) is 15.2 Å². The third-order valence-corrected chi connectivity index (χ3v) is 4.68. The summed E-state index contributed by atoms with van der Waals surface area (Å²) in [6.07, 6.45) is 4.02. The summed E-state index contributed by atoms with van der Waals surface area (Å²) in [5.41, 5.74) is 2.64. The fourth-order valence-corrected chi connectivity index (χ4v) is 3.32. The number of aryl methyl sites for hydroxylation is 1. The summed E-state index contributed by atoms with van der Waals surface area (Å²) in [5.74, 6) is -0.0891. The number of halogens is 1. The van der Waals surface area contributed by atoms with E-state index in [-0.39, 0.29) is 11.9 Å². The molecule has 3 rings (SSSR count).